The maximum absolute atomic E-state index is 12.7. The third-order valence-electron chi connectivity index (χ3n) is 3.16. The summed E-state index contributed by atoms with van der Waals surface area (Å²) < 4.78 is 39.2. The number of nitro benzene ring substituents is 1. The number of nitrogens with zero attached hydrogens (tertiary/aromatic N) is 5. The summed E-state index contributed by atoms with van der Waals surface area (Å²) in [5.74, 6) is -0.308. The molecule has 0 aliphatic rings. The zero-order valence-electron chi connectivity index (χ0n) is 12.1. The van der Waals surface area contributed by atoms with Crippen molar-refractivity contribution in [2.45, 2.75) is 6.18 Å². The Labute approximate surface area is 142 Å². The summed E-state index contributed by atoms with van der Waals surface area (Å²) in [6.45, 7) is 0. The molecule has 3 rings (SSSR count). The van der Waals surface area contributed by atoms with E-state index in [1.165, 1.54) is 24.4 Å². The summed E-state index contributed by atoms with van der Waals surface area (Å²) in [4.78, 5) is 17.7. The van der Waals surface area contributed by atoms with Crippen LogP contribution in [0.15, 0.2) is 42.7 Å². The lowest BCUT2D eigenvalue weighted by Gasteiger charge is -2.06. The van der Waals surface area contributed by atoms with Gasteiger partial charge in [-0.2, -0.15) is 18.3 Å². The molecule has 0 N–H and O–H groups in total. The Morgan fingerprint density at radius 3 is 2.64 bits per heavy atom. The van der Waals surface area contributed by atoms with E-state index in [1.54, 1.807) is 0 Å². The molecule has 0 saturated carbocycles. The fourth-order valence-electron chi connectivity index (χ4n) is 2.07. The normalized spacial score (nSPS) is 11.5. The van der Waals surface area contributed by atoms with Gasteiger partial charge in [0.1, 0.15) is 5.69 Å². The minimum absolute atomic E-state index is 0.167. The molecule has 11 heteroatoms. The predicted octanol–water partition coefficient (Wildman–Crippen LogP) is 3.91. The van der Waals surface area contributed by atoms with Crippen LogP contribution in [-0.2, 0) is 6.18 Å². The fraction of sp³-hybridized carbons (Fsp3) is 0.0714. The SMILES string of the molecule is O=[N+]([O-])c1cc(Cl)ccc1-c1ccn(-c2nccc(C(F)(F)F)n2)n1. The van der Waals surface area contributed by atoms with Crippen molar-refractivity contribution < 1.29 is 18.1 Å². The van der Waals surface area contributed by atoms with Gasteiger partial charge >= 0.3 is 6.18 Å². The average molecular weight is 370 g/mol. The van der Waals surface area contributed by atoms with Crippen LogP contribution >= 0.6 is 11.6 Å². The summed E-state index contributed by atoms with van der Waals surface area (Å²) in [5.41, 5.74) is -1.06. The Hall–Kier alpha value is -3.01. The van der Waals surface area contributed by atoms with Gasteiger partial charge in [0.05, 0.1) is 16.2 Å². The molecule has 0 aliphatic carbocycles. The van der Waals surface area contributed by atoms with Gasteiger partial charge in [0, 0.05) is 23.5 Å². The van der Waals surface area contributed by atoms with Crippen molar-refractivity contribution in [2.24, 2.45) is 0 Å². The lowest BCUT2D eigenvalue weighted by Crippen LogP contribution is -2.11. The van der Waals surface area contributed by atoms with Crippen LogP contribution in [0.5, 0.6) is 0 Å². The molecule has 0 saturated heterocycles. The zero-order valence-corrected chi connectivity index (χ0v) is 12.9. The van der Waals surface area contributed by atoms with E-state index >= 15 is 0 Å². The van der Waals surface area contributed by atoms with E-state index < -0.39 is 16.8 Å². The van der Waals surface area contributed by atoms with Gasteiger partial charge in [-0.15, -0.1) is 0 Å². The van der Waals surface area contributed by atoms with Crippen LogP contribution < -0.4 is 0 Å². The van der Waals surface area contributed by atoms with Crippen molar-refractivity contribution >= 4 is 17.3 Å². The molecule has 0 atom stereocenters. The first-order valence-electron chi connectivity index (χ1n) is 6.66. The van der Waals surface area contributed by atoms with E-state index in [9.17, 15) is 23.3 Å². The first-order valence-corrected chi connectivity index (χ1v) is 7.04. The highest BCUT2D eigenvalue weighted by Gasteiger charge is 2.33. The number of alkyl halides is 3. The Kier molecular flexibility index (Phi) is 4.13. The van der Waals surface area contributed by atoms with E-state index in [1.807, 2.05) is 0 Å². The number of halogens is 4. The van der Waals surface area contributed by atoms with Gasteiger partial charge in [0.2, 0.25) is 0 Å². The third-order valence-corrected chi connectivity index (χ3v) is 3.39. The average Bonchev–Trinajstić information content (AvgIpc) is 3.04. The minimum atomic E-state index is -4.62. The third kappa shape index (κ3) is 3.43. The Morgan fingerprint density at radius 1 is 1.20 bits per heavy atom. The second-order valence-corrected chi connectivity index (χ2v) is 5.24. The number of nitro groups is 1. The van der Waals surface area contributed by atoms with Gasteiger partial charge in [-0.05, 0) is 24.3 Å². The maximum atomic E-state index is 12.7. The number of hydrogen-bond acceptors (Lipinski definition) is 5. The van der Waals surface area contributed by atoms with Crippen molar-refractivity contribution in [1.29, 1.82) is 0 Å². The second-order valence-electron chi connectivity index (χ2n) is 4.80. The molecule has 25 heavy (non-hydrogen) atoms. The number of rotatable bonds is 3. The van der Waals surface area contributed by atoms with Crippen LogP contribution in [0, 0.1) is 10.1 Å². The molecule has 3 aromatic rings. The van der Waals surface area contributed by atoms with Gasteiger partial charge in [0.25, 0.3) is 11.6 Å². The molecule has 128 valence electrons. The van der Waals surface area contributed by atoms with Gasteiger partial charge in [-0.3, -0.25) is 10.1 Å². The quantitative estimate of drug-likeness (QED) is 0.516. The first kappa shape index (κ1) is 16.8. The van der Waals surface area contributed by atoms with Crippen LogP contribution in [0.4, 0.5) is 18.9 Å². The number of benzene rings is 1. The van der Waals surface area contributed by atoms with Crippen molar-refractivity contribution in [3.63, 3.8) is 0 Å². The van der Waals surface area contributed by atoms with Crippen molar-refractivity contribution in [1.82, 2.24) is 19.7 Å². The molecule has 1 aromatic carbocycles. The summed E-state index contributed by atoms with van der Waals surface area (Å²) in [7, 11) is 0. The topological polar surface area (TPSA) is 86.7 Å². The Morgan fingerprint density at radius 2 is 1.96 bits per heavy atom. The summed E-state index contributed by atoms with van der Waals surface area (Å²) >= 11 is 5.75. The molecule has 0 bridgehead atoms. The summed E-state index contributed by atoms with van der Waals surface area (Å²) in [6.07, 6.45) is -2.36. The number of aromatic nitrogens is 4. The second kappa shape index (κ2) is 6.13. The molecule has 0 unspecified atom stereocenters. The predicted molar refractivity (Wildman–Crippen MR) is 81.3 cm³/mol. The minimum Gasteiger partial charge on any atom is -0.258 e. The molecule has 0 amide bonds. The van der Waals surface area contributed by atoms with E-state index in [0.29, 0.717) is 0 Å². The molecule has 0 aliphatic heterocycles. The smallest absolute Gasteiger partial charge is 0.258 e. The molecular weight excluding hydrogens is 363 g/mol. The lowest BCUT2D eigenvalue weighted by molar-refractivity contribution is -0.384. The van der Waals surface area contributed by atoms with E-state index in [0.717, 1.165) is 23.0 Å². The molecule has 0 radical (unpaired) electrons. The van der Waals surface area contributed by atoms with Crippen LogP contribution in [0.25, 0.3) is 17.2 Å². The first-order chi connectivity index (χ1) is 11.8. The van der Waals surface area contributed by atoms with Crippen LogP contribution in [-0.4, -0.2) is 24.7 Å². The van der Waals surface area contributed by atoms with E-state index in [4.69, 9.17) is 11.6 Å². The van der Waals surface area contributed by atoms with Crippen LogP contribution in [0.3, 0.4) is 0 Å². The standard InChI is InChI=1S/C14H7ClF3N5O2/c15-8-1-2-9(11(7-8)23(24)25)10-4-6-22(21-10)13-19-5-3-12(20-13)14(16,17)18/h1-7H. The largest absolute Gasteiger partial charge is 0.433 e. The maximum Gasteiger partial charge on any atom is 0.433 e. The lowest BCUT2D eigenvalue weighted by atomic mass is 10.1. The van der Waals surface area contributed by atoms with E-state index in [-0.39, 0.29) is 27.9 Å². The van der Waals surface area contributed by atoms with Crippen LogP contribution in [0.1, 0.15) is 5.69 Å². The Balaban J connectivity index is 2.04. The molecule has 7 nitrogen and oxygen atoms in total. The molecule has 0 fully saturated rings. The fourth-order valence-corrected chi connectivity index (χ4v) is 2.23. The van der Waals surface area contributed by atoms with Gasteiger partial charge in [-0.25, -0.2) is 14.6 Å². The highest BCUT2D eigenvalue weighted by Crippen LogP contribution is 2.31. The van der Waals surface area contributed by atoms with Crippen molar-refractivity contribution in [2.75, 3.05) is 0 Å². The van der Waals surface area contributed by atoms with E-state index in [2.05, 4.69) is 15.1 Å². The highest BCUT2D eigenvalue weighted by molar-refractivity contribution is 6.30. The van der Waals surface area contributed by atoms with Crippen LogP contribution in [0.2, 0.25) is 5.02 Å². The summed E-state index contributed by atoms with van der Waals surface area (Å²) in [5, 5.41) is 15.3. The Bertz CT molecular complexity index is 958. The van der Waals surface area contributed by atoms with Crippen molar-refractivity contribution in [3.8, 4) is 17.2 Å². The molecule has 2 heterocycles. The van der Waals surface area contributed by atoms with Crippen molar-refractivity contribution in [3.05, 3.63) is 63.6 Å². The zero-order chi connectivity index (χ0) is 18.2. The van der Waals surface area contributed by atoms with Gasteiger partial charge in [0.15, 0.2) is 0 Å². The monoisotopic (exact) mass is 369 g/mol. The highest BCUT2D eigenvalue weighted by atomic mass is 35.5. The summed E-state index contributed by atoms with van der Waals surface area (Å²) in [6, 6.07) is 6.15. The molecule has 2 aromatic heterocycles. The molecular formula is C14H7ClF3N5O2. The van der Waals surface area contributed by atoms with Gasteiger partial charge in [-0.1, -0.05) is 11.6 Å². The van der Waals surface area contributed by atoms with Gasteiger partial charge < -0.3 is 0 Å². The number of hydrogen-bond donors (Lipinski definition) is 0. The molecule has 0 spiro atoms.